The summed E-state index contributed by atoms with van der Waals surface area (Å²) in [5, 5.41) is 0. The molecule has 2 heteroatoms. The molecule has 66 valence electrons. The van der Waals surface area contributed by atoms with Crippen LogP contribution >= 0.6 is 0 Å². The molecule has 3 fully saturated rings. The Kier molecular flexibility index (Phi) is 0.984. The minimum absolute atomic E-state index is 0.0781. The number of rotatable bonds is 0. The predicted octanol–water partition coefficient (Wildman–Crippen LogP) is 1.59. The van der Waals surface area contributed by atoms with E-state index in [1.165, 1.54) is 6.42 Å². The lowest BCUT2D eigenvalue weighted by Gasteiger charge is -2.32. The number of carbonyl (C=O) groups is 1. The van der Waals surface area contributed by atoms with Crippen LogP contribution in [0, 0.1) is 23.7 Å². The van der Waals surface area contributed by atoms with Gasteiger partial charge in [-0.25, -0.2) is 0 Å². The van der Waals surface area contributed by atoms with Crippen molar-refractivity contribution in [3.05, 3.63) is 0 Å². The van der Waals surface area contributed by atoms with E-state index < -0.39 is 0 Å². The van der Waals surface area contributed by atoms with E-state index in [-0.39, 0.29) is 17.5 Å². The van der Waals surface area contributed by atoms with Gasteiger partial charge in [0.25, 0.3) is 0 Å². The minimum Gasteiger partial charge on any atom is -0.459 e. The highest BCUT2D eigenvalue weighted by atomic mass is 16.6. The van der Waals surface area contributed by atoms with Gasteiger partial charge in [0.2, 0.25) is 0 Å². The highest BCUT2D eigenvalue weighted by Gasteiger charge is 2.66. The summed E-state index contributed by atoms with van der Waals surface area (Å²) in [6, 6.07) is 0. The quantitative estimate of drug-likeness (QED) is 0.511. The molecule has 0 spiro atoms. The summed E-state index contributed by atoms with van der Waals surface area (Å²) in [6.07, 6.45) is 2.33. The van der Waals surface area contributed by atoms with Gasteiger partial charge in [-0.1, -0.05) is 6.92 Å². The smallest absolute Gasteiger partial charge is 0.309 e. The molecule has 1 aliphatic heterocycles. The Morgan fingerprint density at radius 3 is 2.83 bits per heavy atom. The van der Waals surface area contributed by atoms with Crippen LogP contribution in [0.25, 0.3) is 0 Å². The van der Waals surface area contributed by atoms with Crippen LogP contribution < -0.4 is 0 Å². The Bertz CT molecular complexity index is 261. The van der Waals surface area contributed by atoms with Gasteiger partial charge in [-0.3, -0.25) is 4.79 Å². The molecule has 2 bridgehead atoms. The zero-order valence-corrected chi connectivity index (χ0v) is 7.54. The number of hydrogen-bond acceptors (Lipinski definition) is 2. The van der Waals surface area contributed by atoms with Crippen molar-refractivity contribution in [1.82, 2.24) is 0 Å². The molecular formula is C10H14O2. The number of carbonyl (C=O) groups excluding carboxylic acids is 1. The van der Waals surface area contributed by atoms with Crippen LogP contribution in [-0.4, -0.2) is 11.6 Å². The summed E-state index contributed by atoms with van der Waals surface area (Å²) >= 11 is 0. The first-order valence-corrected chi connectivity index (χ1v) is 4.86. The monoisotopic (exact) mass is 166 g/mol. The van der Waals surface area contributed by atoms with Crippen molar-refractivity contribution in [2.45, 2.75) is 32.3 Å². The normalized spacial score (nSPS) is 61.0. The van der Waals surface area contributed by atoms with Crippen molar-refractivity contribution in [3.8, 4) is 0 Å². The van der Waals surface area contributed by atoms with Crippen molar-refractivity contribution in [1.29, 1.82) is 0 Å². The molecule has 0 aromatic heterocycles. The zero-order chi connectivity index (χ0) is 8.51. The molecule has 0 radical (unpaired) electrons. The van der Waals surface area contributed by atoms with E-state index in [0.717, 1.165) is 12.3 Å². The van der Waals surface area contributed by atoms with Crippen molar-refractivity contribution < 1.29 is 9.53 Å². The maximum atomic E-state index is 11.4. The molecule has 0 aromatic rings. The standard InChI is InChI=1S/C10H14O2/c1-5-6-3-7-8(4-6)10(5,2)12-9(7)11/h5-8H,3-4H2,1-2H3. The third-order valence-corrected chi connectivity index (χ3v) is 4.57. The SMILES string of the molecule is CC1C2CC3C(=O)OC1(C)C3C2. The fourth-order valence-corrected chi connectivity index (χ4v) is 3.65. The largest absolute Gasteiger partial charge is 0.459 e. The zero-order valence-electron chi connectivity index (χ0n) is 7.54. The van der Waals surface area contributed by atoms with E-state index in [0.29, 0.717) is 11.8 Å². The molecule has 0 aromatic carbocycles. The molecule has 0 N–H and O–H groups in total. The van der Waals surface area contributed by atoms with Gasteiger partial charge in [-0.15, -0.1) is 0 Å². The molecule has 3 aliphatic rings. The lowest BCUT2D eigenvalue weighted by Crippen LogP contribution is -2.37. The Morgan fingerprint density at radius 1 is 1.50 bits per heavy atom. The van der Waals surface area contributed by atoms with Gasteiger partial charge in [-0.2, -0.15) is 0 Å². The van der Waals surface area contributed by atoms with Crippen LogP contribution in [-0.2, 0) is 9.53 Å². The lowest BCUT2D eigenvalue weighted by molar-refractivity contribution is -0.150. The molecule has 1 saturated heterocycles. The first kappa shape index (κ1) is 6.93. The number of fused-ring (bicyclic) bond motifs is 1. The van der Waals surface area contributed by atoms with Crippen molar-refractivity contribution in [2.24, 2.45) is 23.7 Å². The second-order valence-corrected chi connectivity index (χ2v) is 4.84. The molecule has 2 nitrogen and oxygen atoms in total. The summed E-state index contributed by atoms with van der Waals surface area (Å²) in [6.45, 7) is 4.36. The molecule has 2 aliphatic carbocycles. The topological polar surface area (TPSA) is 26.3 Å². The average molecular weight is 166 g/mol. The summed E-state index contributed by atoms with van der Waals surface area (Å²) < 4.78 is 5.50. The Balaban J connectivity index is 2.11. The molecule has 0 amide bonds. The Morgan fingerprint density at radius 2 is 2.25 bits per heavy atom. The number of hydrogen-bond donors (Lipinski definition) is 0. The van der Waals surface area contributed by atoms with Gasteiger partial charge >= 0.3 is 5.97 Å². The number of esters is 1. The van der Waals surface area contributed by atoms with Gasteiger partial charge in [0.1, 0.15) is 5.60 Å². The molecule has 3 rings (SSSR count). The third-order valence-electron chi connectivity index (χ3n) is 4.57. The fraction of sp³-hybridized carbons (Fsp3) is 0.900. The Hall–Kier alpha value is -0.530. The van der Waals surface area contributed by atoms with Gasteiger partial charge in [0.05, 0.1) is 5.92 Å². The van der Waals surface area contributed by atoms with E-state index in [1.807, 2.05) is 0 Å². The summed E-state index contributed by atoms with van der Waals surface area (Å²) in [5.41, 5.74) is -0.0926. The molecule has 12 heavy (non-hydrogen) atoms. The second kappa shape index (κ2) is 1.70. The summed E-state index contributed by atoms with van der Waals surface area (Å²) in [5.74, 6) is 2.23. The maximum absolute atomic E-state index is 11.4. The lowest BCUT2D eigenvalue weighted by atomic mass is 9.75. The highest BCUT2D eigenvalue weighted by Crippen LogP contribution is 2.62. The van der Waals surface area contributed by atoms with Crippen molar-refractivity contribution >= 4 is 5.97 Å². The highest BCUT2D eigenvalue weighted by molar-refractivity contribution is 5.77. The van der Waals surface area contributed by atoms with E-state index in [4.69, 9.17) is 4.74 Å². The van der Waals surface area contributed by atoms with E-state index in [2.05, 4.69) is 13.8 Å². The van der Waals surface area contributed by atoms with Crippen LogP contribution in [0.15, 0.2) is 0 Å². The first-order valence-electron chi connectivity index (χ1n) is 4.86. The first-order chi connectivity index (χ1) is 5.63. The van der Waals surface area contributed by atoms with Crippen molar-refractivity contribution in [2.75, 3.05) is 0 Å². The van der Waals surface area contributed by atoms with Gasteiger partial charge in [-0.05, 0) is 31.6 Å². The van der Waals surface area contributed by atoms with Gasteiger partial charge in [0, 0.05) is 5.92 Å². The van der Waals surface area contributed by atoms with Crippen LogP contribution in [0.4, 0.5) is 0 Å². The summed E-state index contributed by atoms with van der Waals surface area (Å²) in [7, 11) is 0. The van der Waals surface area contributed by atoms with E-state index in [1.54, 1.807) is 0 Å². The average Bonchev–Trinajstić information content (AvgIpc) is 2.56. The van der Waals surface area contributed by atoms with E-state index >= 15 is 0 Å². The fourth-order valence-electron chi connectivity index (χ4n) is 3.65. The van der Waals surface area contributed by atoms with Crippen molar-refractivity contribution in [3.63, 3.8) is 0 Å². The van der Waals surface area contributed by atoms with Crippen LogP contribution in [0.2, 0.25) is 0 Å². The molecule has 2 saturated carbocycles. The predicted molar refractivity (Wildman–Crippen MR) is 43.4 cm³/mol. The van der Waals surface area contributed by atoms with E-state index in [9.17, 15) is 4.79 Å². The second-order valence-electron chi connectivity index (χ2n) is 4.84. The molecular weight excluding hydrogens is 152 g/mol. The summed E-state index contributed by atoms with van der Waals surface area (Å²) in [4.78, 5) is 11.4. The number of ether oxygens (including phenoxy) is 1. The Labute approximate surface area is 72.3 Å². The van der Waals surface area contributed by atoms with Gasteiger partial charge in [0.15, 0.2) is 0 Å². The third kappa shape index (κ3) is 0.511. The molecule has 5 atom stereocenters. The maximum Gasteiger partial charge on any atom is 0.309 e. The molecule has 1 heterocycles. The van der Waals surface area contributed by atoms with Crippen LogP contribution in [0.5, 0.6) is 0 Å². The van der Waals surface area contributed by atoms with Crippen LogP contribution in [0.3, 0.4) is 0 Å². The minimum atomic E-state index is -0.0926. The van der Waals surface area contributed by atoms with Gasteiger partial charge < -0.3 is 4.74 Å². The van der Waals surface area contributed by atoms with Crippen LogP contribution in [0.1, 0.15) is 26.7 Å². The molecule has 5 unspecified atom stereocenters.